The average molecular weight is 374 g/mol. The van der Waals surface area contributed by atoms with Gasteiger partial charge in [0, 0.05) is 12.1 Å². The molecule has 0 heterocycles. The van der Waals surface area contributed by atoms with Gasteiger partial charge in [0.2, 0.25) is 5.91 Å². The molecule has 0 aliphatic heterocycles. The maximum absolute atomic E-state index is 11.9. The normalized spacial score (nSPS) is 11.0. The maximum atomic E-state index is 11.9. The lowest BCUT2D eigenvalue weighted by Crippen LogP contribution is -2.11. The zero-order valence-corrected chi connectivity index (χ0v) is 16.7. The standard InChI is InChI=1S/C23H35NO3/c1-2-3-4-5-6-7-8-9-10-11-12-13-14-15-22(25)24-21-18-16-20(17-19-21)23(26)27/h7-8,16-19H,2-6,9-15H2,1H3,(H,24,25)(H,26,27)/b8-7-. The predicted molar refractivity (Wildman–Crippen MR) is 112 cm³/mol. The number of anilines is 1. The lowest BCUT2D eigenvalue weighted by Gasteiger charge is -2.05. The second-order valence-corrected chi connectivity index (χ2v) is 7.06. The molecule has 2 N–H and O–H groups in total. The molecule has 0 bridgehead atoms. The number of carboxylic acids is 1. The van der Waals surface area contributed by atoms with Crippen molar-refractivity contribution < 1.29 is 14.7 Å². The summed E-state index contributed by atoms with van der Waals surface area (Å²) in [5, 5.41) is 11.7. The number of allylic oxidation sites excluding steroid dienone is 2. The summed E-state index contributed by atoms with van der Waals surface area (Å²) in [5.74, 6) is -0.973. The Morgan fingerprint density at radius 3 is 2.00 bits per heavy atom. The van der Waals surface area contributed by atoms with Gasteiger partial charge in [0.15, 0.2) is 0 Å². The first-order chi connectivity index (χ1) is 13.1. The molecule has 0 aliphatic rings. The SMILES string of the molecule is CCCCCC/C=C\CCCCCCCC(=O)Nc1ccc(C(=O)O)cc1. The van der Waals surface area contributed by atoms with Crippen LogP contribution in [0.15, 0.2) is 36.4 Å². The van der Waals surface area contributed by atoms with Crippen molar-refractivity contribution in [2.24, 2.45) is 0 Å². The van der Waals surface area contributed by atoms with Crippen LogP contribution >= 0.6 is 0 Å². The van der Waals surface area contributed by atoms with Crippen molar-refractivity contribution in [3.8, 4) is 0 Å². The summed E-state index contributed by atoms with van der Waals surface area (Å²) in [6.45, 7) is 2.24. The highest BCUT2D eigenvalue weighted by atomic mass is 16.4. The third-order valence-electron chi connectivity index (χ3n) is 4.58. The summed E-state index contributed by atoms with van der Waals surface area (Å²) in [7, 11) is 0. The fourth-order valence-corrected chi connectivity index (χ4v) is 2.92. The van der Waals surface area contributed by atoms with Gasteiger partial charge in [-0.2, -0.15) is 0 Å². The van der Waals surface area contributed by atoms with Gasteiger partial charge in [-0.15, -0.1) is 0 Å². The van der Waals surface area contributed by atoms with E-state index in [1.165, 1.54) is 69.9 Å². The number of carbonyl (C=O) groups excluding carboxylic acids is 1. The van der Waals surface area contributed by atoms with Crippen LogP contribution in [0.5, 0.6) is 0 Å². The molecule has 4 heteroatoms. The fraction of sp³-hybridized carbons (Fsp3) is 0.565. The number of carbonyl (C=O) groups is 2. The molecule has 4 nitrogen and oxygen atoms in total. The molecule has 0 radical (unpaired) electrons. The van der Waals surface area contributed by atoms with Gasteiger partial charge < -0.3 is 10.4 Å². The van der Waals surface area contributed by atoms with E-state index in [4.69, 9.17) is 5.11 Å². The number of unbranched alkanes of at least 4 members (excludes halogenated alkanes) is 9. The number of amides is 1. The predicted octanol–water partition coefficient (Wildman–Crippen LogP) is 6.58. The number of aromatic carboxylic acids is 1. The van der Waals surface area contributed by atoms with Crippen LogP contribution in [0.25, 0.3) is 0 Å². The molecule has 0 spiro atoms. The van der Waals surface area contributed by atoms with Crippen LogP contribution in [-0.4, -0.2) is 17.0 Å². The van der Waals surface area contributed by atoms with Crippen molar-refractivity contribution >= 4 is 17.6 Å². The van der Waals surface area contributed by atoms with Crippen molar-refractivity contribution in [3.05, 3.63) is 42.0 Å². The Morgan fingerprint density at radius 1 is 0.852 bits per heavy atom. The van der Waals surface area contributed by atoms with Crippen LogP contribution in [0.4, 0.5) is 5.69 Å². The minimum atomic E-state index is -0.963. The largest absolute Gasteiger partial charge is 0.478 e. The summed E-state index contributed by atoms with van der Waals surface area (Å²) in [4.78, 5) is 22.7. The molecule has 150 valence electrons. The average Bonchev–Trinajstić information content (AvgIpc) is 2.66. The molecule has 0 fully saturated rings. The van der Waals surface area contributed by atoms with Crippen LogP contribution in [0, 0.1) is 0 Å². The minimum Gasteiger partial charge on any atom is -0.478 e. The number of nitrogens with one attached hydrogen (secondary N) is 1. The highest BCUT2D eigenvalue weighted by molar-refractivity contribution is 5.92. The van der Waals surface area contributed by atoms with E-state index in [1.54, 1.807) is 12.1 Å². The Bertz CT molecular complexity index is 563. The van der Waals surface area contributed by atoms with Crippen molar-refractivity contribution in [1.29, 1.82) is 0 Å². The number of hydrogen-bond donors (Lipinski definition) is 2. The molecule has 27 heavy (non-hydrogen) atoms. The monoisotopic (exact) mass is 373 g/mol. The smallest absolute Gasteiger partial charge is 0.335 e. The lowest BCUT2D eigenvalue weighted by molar-refractivity contribution is -0.116. The summed E-state index contributed by atoms with van der Waals surface area (Å²) >= 11 is 0. The maximum Gasteiger partial charge on any atom is 0.335 e. The quantitative estimate of drug-likeness (QED) is 0.269. The van der Waals surface area contributed by atoms with Gasteiger partial charge in [-0.05, 0) is 56.4 Å². The number of rotatable bonds is 15. The molecular formula is C23H35NO3. The van der Waals surface area contributed by atoms with E-state index in [-0.39, 0.29) is 11.5 Å². The van der Waals surface area contributed by atoms with E-state index in [0.717, 1.165) is 12.8 Å². The molecule has 1 aromatic rings. The molecule has 0 atom stereocenters. The van der Waals surface area contributed by atoms with Gasteiger partial charge >= 0.3 is 5.97 Å². The topological polar surface area (TPSA) is 66.4 Å². The highest BCUT2D eigenvalue weighted by Crippen LogP contribution is 2.12. The Hall–Kier alpha value is -2.10. The van der Waals surface area contributed by atoms with Crippen molar-refractivity contribution in [3.63, 3.8) is 0 Å². The Balaban J connectivity index is 1.97. The van der Waals surface area contributed by atoms with E-state index < -0.39 is 5.97 Å². The third-order valence-corrected chi connectivity index (χ3v) is 4.58. The zero-order chi connectivity index (χ0) is 19.7. The van der Waals surface area contributed by atoms with Gasteiger partial charge in [-0.1, -0.05) is 57.6 Å². The zero-order valence-electron chi connectivity index (χ0n) is 16.7. The molecule has 0 saturated carbocycles. The molecule has 0 unspecified atom stereocenters. The Labute approximate surface area is 164 Å². The molecule has 1 rings (SSSR count). The lowest BCUT2D eigenvalue weighted by atomic mass is 10.1. The Morgan fingerprint density at radius 2 is 1.41 bits per heavy atom. The van der Waals surface area contributed by atoms with E-state index in [9.17, 15) is 9.59 Å². The van der Waals surface area contributed by atoms with E-state index >= 15 is 0 Å². The van der Waals surface area contributed by atoms with Crippen molar-refractivity contribution in [2.45, 2.75) is 84.0 Å². The minimum absolute atomic E-state index is 0.0101. The molecular weight excluding hydrogens is 338 g/mol. The number of carboxylic acid groups (broad SMARTS) is 1. The second-order valence-electron chi connectivity index (χ2n) is 7.06. The van der Waals surface area contributed by atoms with Gasteiger partial charge in [-0.25, -0.2) is 4.79 Å². The van der Waals surface area contributed by atoms with Crippen LogP contribution < -0.4 is 5.32 Å². The highest BCUT2D eigenvalue weighted by Gasteiger charge is 2.04. The van der Waals surface area contributed by atoms with Crippen LogP contribution in [-0.2, 0) is 4.79 Å². The molecule has 1 aromatic carbocycles. The first kappa shape index (κ1) is 22.9. The second kappa shape index (κ2) is 15.0. The van der Waals surface area contributed by atoms with Gasteiger partial charge in [0.25, 0.3) is 0 Å². The van der Waals surface area contributed by atoms with Crippen LogP contribution in [0.1, 0.15) is 94.3 Å². The third kappa shape index (κ3) is 12.0. The van der Waals surface area contributed by atoms with Crippen LogP contribution in [0.2, 0.25) is 0 Å². The summed E-state index contributed by atoms with van der Waals surface area (Å²) in [6.07, 6.45) is 18.4. The van der Waals surface area contributed by atoms with Crippen LogP contribution in [0.3, 0.4) is 0 Å². The summed E-state index contributed by atoms with van der Waals surface area (Å²) < 4.78 is 0. The van der Waals surface area contributed by atoms with Gasteiger partial charge in [0.1, 0.15) is 0 Å². The molecule has 0 saturated heterocycles. The molecule has 1 amide bonds. The number of benzene rings is 1. The first-order valence-electron chi connectivity index (χ1n) is 10.4. The van der Waals surface area contributed by atoms with Crippen molar-refractivity contribution in [1.82, 2.24) is 0 Å². The Kier molecular flexibility index (Phi) is 12.7. The first-order valence-corrected chi connectivity index (χ1v) is 10.4. The number of hydrogen-bond acceptors (Lipinski definition) is 2. The van der Waals surface area contributed by atoms with E-state index in [0.29, 0.717) is 12.1 Å². The van der Waals surface area contributed by atoms with Gasteiger partial charge in [-0.3, -0.25) is 4.79 Å². The van der Waals surface area contributed by atoms with Crippen molar-refractivity contribution in [2.75, 3.05) is 5.32 Å². The van der Waals surface area contributed by atoms with Gasteiger partial charge in [0.05, 0.1) is 5.56 Å². The summed E-state index contributed by atoms with van der Waals surface area (Å²) in [6, 6.07) is 6.24. The van der Waals surface area contributed by atoms with E-state index in [1.807, 2.05) is 0 Å². The fourth-order valence-electron chi connectivity index (χ4n) is 2.92. The van der Waals surface area contributed by atoms with E-state index in [2.05, 4.69) is 24.4 Å². The molecule has 0 aromatic heterocycles. The summed E-state index contributed by atoms with van der Waals surface area (Å²) in [5.41, 5.74) is 0.866. The molecule has 0 aliphatic carbocycles.